The highest BCUT2D eigenvalue weighted by atomic mass is 16.4. The van der Waals surface area contributed by atoms with Crippen molar-refractivity contribution < 1.29 is 9.90 Å². The molecule has 1 aromatic heterocycles. The van der Waals surface area contributed by atoms with Crippen LogP contribution in [0.1, 0.15) is 21.5 Å². The van der Waals surface area contributed by atoms with Gasteiger partial charge >= 0.3 is 5.97 Å². The molecular weight excluding hydrogens is 328 g/mol. The minimum absolute atomic E-state index is 0.233. The van der Waals surface area contributed by atoms with Crippen molar-refractivity contribution in [3.8, 4) is 0 Å². The first kappa shape index (κ1) is 16.1. The summed E-state index contributed by atoms with van der Waals surface area (Å²) in [6.45, 7) is 1.73. The van der Waals surface area contributed by atoms with E-state index in [0.29, 0.717) is 11.5 Å². The largest absolute Gasteiger partial charge is 0.478 e. The lowest BCUT2D eigenvalue weighted by Gasteiger charge is -2.29. The van der Waals surface area contributed by atoms with Gasteiger partial charge in [0.05, 0.1) is 5.56 Å². The minimum Gasteiger partial charge on any atom is -0.478 e. The van der Waals surface area contributed by atoms with Crippen LogP contribution in [0.25, 0.3) is 0 Å². The molecule has 2 heterocycles. The molecule has 0 amide bonds. The summed E-state index contributed by atoms with van der Waals surface area (Å²) in [5.74, 6) is 0.534. The zero-order chi connectivity index (χ0) is 17.9. The summed E-state index contributed by atoms with van der Waals surface area (Å²) < 4.78 is 0. The maximum Gasteiger partial charge on any atom is 0.335 e. The zero-order valence-corrected chi connectivity index (χ0v) is 14.1. The Morgan fingerprint density at radius 2 is 1.88 bits per heavy atom. The molecule has 1 aliphatic rings. The van der Waals surface area contributed by atoms with Gasteiger partial charge in [0.15, 0.2) is 0 Å². The van der Waals surface area contributed by atoms with Crippen LogP contribution in [-0.2, 0) is 13.0 Å². The number of hydrogen-bond donors (Lipinski definition) is 2. The van der Waals surface area contributed by atoms with Crippen LogP contribution in [0.15, 0.2) is 60.9 Å². The molecule has 2 aromatic carbocycles. The molecule has 130 valence electrons. The fraction of sp³-hybridized carbons (Fsp3) is 0.150. The highest BCUT2D eigenvalue weighted by Gasteiger charge is 2.17. The average Bonchev–Trinajstić information content (AvgIpc) is 2.68. The van der Waals surface area contributed by atoms with Gasteiger partial charge in [0.1, 0.15) is 18.0 Å². The second-order valence-electron chi connectivity index (χ2n) is 6.21. The molecule has 0 aliphatic carbocycles. The number of carbonyl (C=O) groups is 1. The molecule has 6 heteroatoms. The molecular formula is C20H18N4O2. The van der Waals surface area contributed by atoms with Crippen LogP contribution >= 0.6 is 0 Å². The van der Waals surface area contributed by atoms with Gasteiger partial charge < -0.3 is 15.3 Å². The summed E-state index contributed by atoms with van der Waals surface area (Å²) in [5, 5.41) is 12.3. The summed E-state index contributed by atoms with van der Waals surface area (Å²) >= 11 is 0. The minimum atomic E-state index is -0.955. The highest BCUT2D eigenvalue weighted by Crippen LogP contribution is 2.25. The van der Waals surface area contributed by atoms with E-state index in [1.54, 1.807) is 18.2 Å². The Balaban J connectivity index is 1.54. The van der Waals surface area contributed by atoms with Gasteiger partial charge in [-0.3, -0.25) is 0 Å². The second kappa shape index (κ2) is 6.84. The summed E-state index contributed by atoms with van der Waals surface area (Å²) in [5.41, 5.74) is 3.62. The molecule has 0 unspecified atom stereocenters. The van der Waals surface area contributed by atoms with Gasteiger partial charge in [0.2, 0.25) is 0 Å². The van der Waals surface area contributed by atoms with Crippen LogP contribution in [0, 0.1) is 0 Å². The zero-order valence-electron chi connectivity index (χ0n) is 14.1. The molecule has 0 atom stereocenters. The van der Waals surface area contributed by atoms with Crippen LogP contribution in [0.2, 0.25) is 0 Å². The Bertz CT molecular complexity index is 958. The smallest absolute Gasteiger partial charge is 0.335 e. The first-order valence-electron chi connectivity index (χ1n) is 8.43. The van der Waals surface area contributed by atoms with E-state index in [2.05, 4.69) is 44.5 Å². The summed E-state index contributed by atoms with van der Waals surface area (Å²) in [7, 11) is 0. The SMILES string of the molecule is O=C(O)c1cccc(Nc2cc(N3CCc4ccccc4C3)ncn2)c1. The Hall–Kier alpha value is -3.41. The molecule has 0 radical (unpaired) electrons. The maximum absolute atomic E-state index is 11.1. The van der Waals surface area contributed by atoms with Crippen molar-refractivity contribution in [2.24, 2.45) is 0 Å². The fourth-order valence-corrected chi connectivity index (χ4v) is 3.16. The van der Waals surface area contributed by atoms with Crippen molar-refractivity contribution in [1.29, 1.82) is 0 Å². The van der Waals surface area contributed by atoms with Gasteiger partial charge in [-0.25, -0.2) is 14.8 Å². The van der Waals surface area contributed by atoms with E-state index >= 15 is 0 Å². The van der Waals surface area contributed by atoms with E-state index in [1.807, 2.05) is 12.1 Å². The highest BCUT2D eigenvalue weighted by molar-refractivity contribution is 5.89. The number of nitrogens with zero attached hydrogens (tertiary/aromatic N) is 3. The number of aromatic nitrogens is 2. The van der Waals surface area contributed by atoms with Crippen molar-refractivity contribution in [2.45, 2.75) is 13.0 Å². The lowest BCUT2D eigenvalue weighted by atomic mass is 10.00. The Morgan fingerprint density at radius 1 is 1.04 bits per heavy atom. The van der Waals surface area contributed by atoms with Gasteiger partial charge in [-0.05, 0) is 35.7 Å². The molecule has 26 heavy (non-hydrogen) atoms. The number of fused-ring (bicyclic) bond motifs is 1. The molecule has 0 spiro atoms. The molecule has 6 nitrogen and oxygen atoms in total. The van der Waals surface area contributed by atoms with Crippen molar-refractivity contribution in [3.63, 3.8) is 0 Å². The standard InChI is InChI=1S/C20H18N4O2/c25-20(26)15-6-3-7-17(10-15)23-18-11-19(22-13-21-18)24-9-8-14-4-1-2-5-16(14)12-24/h1-7,10-11,13H,8-9,12H2,(H,25,26)(H,21,22,23). The van der Waals surface area contributed by atoms with Gasteiger partial charge in [-0.15, -0.1) is 0 Å². The van der Waals surface area contributed by atoms with Crippen LogP contribution in [0.4, 0.5) is 17.3 Å². The first-order chi connectivity index (χ1) is 12.7. The van der Waals surface area contributed by atoms with E-state index < -0.39 is 5.97 Å². The number of aromatic carboxylic acids is 1. The summed E-state index contributed by atoms with van der Waals surface area (Å²) in [6.07, 6.45) is 2.52. The number of carboxylic acids is 1. The van der Waals surface area contributed by atoms with E-state index in [0.717, 1.165) is 25.3 Å². The summed E-state index contributed by atoms with van der Waals surface area (Å²) in [4.78, 5) is 22.0. The molecule has 3 aromatic rings. The summed E-state index contributed by atoms with van der Waals surface area (Å²) in [6, 6.07) is 17.0. The number of anilines is 3. The Kier molecular flexibility index (Phi) is 4.23. The molecule has 0 saturated heterocycles. The number of hydrogen-bond acceptors (Lipinski definition) is 5. The molecule has 0 bridgehead atoms. The van der Waals surface area contributed by atoms with Crippen molar-refractivity contribution in [3.05, 3.63) is 77.6 Å². The van der Waals surface area contributed by atoms with Crippen molar-refractivity contribution in [1.82, 2.24) is 9.97 Å². The third-order valence-corrected chi connectivity index (χ3v) is 4.49. The Labute approximate surface area is 151 Å². The topological polar surface area (TPSA) is 78.4 Å². The lowest BCUT2D eigenvalue weighted by Crippen LogP contribution is -2.31. The number of nitrogens with one attached hydrogen (secondary N) is 1. The van der Waals surface area contributed by atoms with Gasteiger partial charge in [-0.1, -0.05) is 30.3 Å². The van der Waals surface area contributed by atoms with Crippen LogP contribution in [0.3, 0.4) is 0 Å². The molecule has 0 saturated carbocycles. The molecule has 1 aliphatic heterocycles. The third-order valence-electron chi connectivity index (χ3n) is 4.49. The normalized spacial score (nSPS) is 13.2. The van der Waals surface area contributed by atoms with E-state index in [9.17, 15) is 4.79 Å². The molecule has 4 rings (SSSR count). The number of rotatable bonds is 4. The van der Waals surface area contributed by atoms with E-state index in [-0.39, 0.29) is 5.56 Å². The second-order valence-corrected chi connectivity index (χ2v) is 6.21. The van der Waals surface area contributed by atoms with Crippen molar-refractivity contribution >= 4 is 23.3 Å². The fourth-order valence-electron chi connectivity index (χ4n) is 3.16. The van der Waals surface area contributed by atoms with E-state index in [4.69, 9.17) is 5.11 Å². The Morgan fingerprint density at radius 3 is 2.73 bits per heavy atom. The van der Waals surface area contributed by atoms with Gasteiger partial charge in [0.25, 0.3) is 0 Å². The first-order valence-corrected chi connectivity index (χ1v) is 8.43. The van der Waals surface area contributed by atoms with Crippen molar-refractivity contribution in [2.75, 3.05) is 16.8 Å². The predicted molar refractivity (Wildman–Crippen MR) is 99.9 cm³/mol. The molecule has 2 N–H and O–H groups in total. The van der Waals surface area contributed by atoms with Gasteiger partial charge in [0, 0.05) is 24.8 Å². The predicted octanol–water partition coefficient (Wildman–Crippen LogP) is 3.48. The monoisotopic (exact) mass is 346 g/mol. The van der Waals surface area contributed by atoms with Crippen LogP contribution in [0.5, 0.6) is 0 Å². The quantitative estimate of drug-likeness (QED) is 0.753. The third kappa shape index (κ3) is 3.35. The van der Waals surface area contributed by atoms with Crippen LogP contribution in [-0.4, -0.2) is 27.6 Å². The average molecular weight is 346 g/mol. The number of benzene rings is 2. The lowest BCUT2D eigenvalue weighted by molar-refractivity contribution is 0.0697. The van der Waals surface area contributed by atoms with Crippen LogP contribution < -0.4 is 10.2 Å². The molecule has 0 fully saturated rings. The van der Waals surface area contributed by atoms with E-state index in [1.165, 1.54) is 17.5 Å². The van der Waals surface area contributed by atoms with Gasteiger partial charge in [-0.2, -0.15) is 0 Å². The number of carboxylic acid groups (broad SMARTS) is 1. The maximum atomic E-state index is 11.1.